The van der Waals surface area contributed by atoms with Crippen LogP contribution in [0.15, 0.2) is 12.1 Å². The fourth-order valence-electron chi connectivity index (χ4n) is 4.39. The average Bonchev–Trinajstić information content (AvgIpc) is 2.95. The standard InChI is InChI=1S/C24H38N4O4/c1-24(2,3)25-22(29)16-26-8-6-9-27(12-11-26)17-23(30)28-10-7-18-13-20(31-4)21(32-5)14-19(18)15-28/h13-14H,6-12,15-17H2,1-5H3,(H,25,29). The largest absolute Gasteiger partial charge is 0.493 e. The zero-order valence-corrected chi connectivity index (χ0v) is 20.2. The molecule has 0 aliphatic carbocycles. The molecule has 0 atom stereocenters. The van der Waals surface area contributed by atoms with Crippen LogP contribution in [-0.2, 0) is 22.6 Å². The molecule has 1 fully saturated rings. The van der Waals surface area contributed by atoms with Crippen LogP contribution in [-0.4, -0.2) is 92.1 Å². The minimum atomic E-state index is -0.219. The van der Waals surface area contributed by atoms with Crippen molar-refractivity contribution in [3.05, 3.63) is 23.3 Å². The van der Waals surface area contributed by atoms with Gasteiger partial charge in [-0.25, -0.2) is 0 Å². The second-order valence-electron chi connectivity index (χ2n) is 9.75. The van der Waals surface area contributed by atoms with E-state index in [2.05, 4.69) is 15.1 Å². The number of carbonyl (C=O) groups is 2. The minimum Gasteiger partial charge on any atom is -0.493 e. The van der Waals surface area contributed by atoms with Gasteiger partial charge in [0.1, 0.15) is 0 Å². The van der Waals surface area contributed by atoms with Crippen LogP contribution in [0.25, 0.3) is 0 Å². The molecule has 1 aromatic rings. The predicted octanol–water partition coefficient (Wildman–Crippen LogP) is 1.51. The van der Waals surface area contributed by atoms with E-state index in [-0.39, 0.29) is 17.4 Å². The van der Waals surface area contributed by atoms with Crippen molar-refractivity contribution in [3.8, 4) is 11.5 Å². The molecule has 3 rings (SSSR count). The molecule has 178 valence electrons. The summed E-state index contributed by atoms with van der Waals surface area (Å²) in [7, 11) is 3.27. The lowest BCUT2D eigenvalue weighted by atomic mass is 9.98. The second kappa shape index (κ2) is 10.5. The molecule has 1 N–H and O–H groups in total. The molecule has 32 heavy (non-hydrogen) atoms. The van der Waals surface area contributed by atoms with Crippen molar-refractivity contribution in [2.75, 3.05) is 60.0 Å². The Kier molecular flexibility index (Phi) is 8.00. The van der Waals surface area contributed by atoms with Crippen LogP contribution < -0.4 is 14.8 Å². The van der Waals surface area contributed by atoms with Crippen LogP contribution in [0.5, 0.6) is 11.5 Å². The highest BCUT2D eigenvalue weighted by Gasteiger charge is 2.26. The van der Waals surface area contributed by atoms with Gasteiger partial charge >= 0.3 is 0 Å². The first-order chi connectivity index (χ1) is 15.2. The van der Waals surface area contributed by atoms with Gasteiger partial charge in [-0.15, -0.1) is 0 Å². The number of rotatable bonds is 6. The van der Waals surface area contributed by atoms with Crippen LogP contribution in [0, 0.1) is 0 Å². The van der Waals surface area contributed by atoms with Gasteiger partial charge in [-0.1, -0.05) is 0 Å². The fraction of sp³-hybridized carbons (Fsp3) is 0.667. The van der Waals surface area contributed by atoms with Crippen molar-refractivity contribution in [2.45, 2.75) is 45.7 Å². The number of ether oxygens (including phenoxy) is 2. The van der Waals surface area contributed by atoms with Gasteiger partial charge in [-0.2, -0.15) is 0 Å². The van der Waals surface area contributed by atoms with Gasteiger partial charge < -0.3 is 19.7 Å². The third-order valence-electron chi connectivity index (χ3n) is 5.99. The Balaban J connectivity index is 1.52. The number of carbonyl (C=O) groups excluding carboxylic acids is 2. The molecular formula is C24H38N4O4. The molecule has 2 aliphatic rings. The van der Waals surface area contributed by atoms with Gasteiger partial charge in [-0.05, 0) is 70.0 Å². The molecule has 0 bridgehead atoms. The van der Waals surface area contributed by atoms with Gasteiger partial charge in [0.2, 0.25) is 11.8 Å². The van der Waals surface area contributed by atoms with Crippen molar-refractivity contribution in [2.24, 2.45) is 0 Å². The van der Waals surface area contributed by atoms with Crippen LogP contribution in [0.3, 0.4) is 0 Å². The van der Waals surface area contributed by atoms with Crippen molar-refractivity contribution in [3.63, 3.8) is 0 Å². The van der Waals surface area contributed by atoms with Gasteiger partial charge in [0.05, 0.1) is 27.3 Å². The summed E-state index contributed by atoms with van der Waals surface area (Å²) >= 11 is 0. The zero-order chi connectivity index (χ0) is 23.3. The first-order valence-corrected chi connectivity index (χ1v) is 11.5. The number of amides is 2. The smallest absolute Gasteiger partial charge is 0.237 e. The summed E-state index contributed by atoms with van der Waals surface area (Å²) in [6, 6.07) is 4.01. The summed E-state index contributed by atoms with van der Waals surface area (Å²) in [5.74, 6) is 1.64. The number of benzene rings is 1. The maximum atomic E-state index is 13.0. The highest BCUT2D eigenvalue weighted by Crippen LogP contribution is 2.33. The Bertz CT molecular complexity index is 821. The monoisotopic (exact) mass is 446 g/mol. The lowest BCUT2D eigenvalue weighted by molar-refractivity contribution is -0.133. The SMILES string of the molecule is COc1cc2c(cc1OC)CN(C(=O)CN1CCCN(CC(=O)NC(C)(C)C)CC1)CC2. The molecule has 2 aliphatic heterocycles. The average molecular weight is 447 g/mol. The number of hydrogen-bond acceptors (Lipinski definition) is 6. The van der Waals surface area contributed by atoms with Crippen LogP contribution in [0.4, 0.5) is 0 Å². The number of fused-ring (bicyclic) bond motifs is 1. The Morgan fingerprint density at radius 2 is 1.50 bits per heavy atom. The van der Waals surface area contributed by atoms with Gasteiger partial charge in [0.25, 0.3) is 0 Å². The molecule has 0 unspecified atom stereocenters. The quantitative estimate of drug-likeness (QED) is 0.714. The van der Waals surface area contributed by atoms with Crippen LogP contribution >= 0.6 is 0 Å². The Morgan fingerprint density at radius 3 is 2.09 bits per heavy atom. The van der Waals surface area contributed by atoms with Crippen molar-refractivity contribution >= 4 is 11.8 Å². The topological polar surface area (TPSA) is 74.4 Å². The van der Waals surface area contributed by atoms with Crippen molar-refractivity contribution < 1.29 is 19.1 Å². The Labute approximate surface area is 191 Å². The highest BCUT2D eigenvalue weighted by atomic mass is 16.5. The molecular weight excluding hydrogens is 408 g/mol. The van der Waals surface area contributed by atoms with E-state index in [0.29, 0.717) is 31.9 Å². The Morgan fingerprint density at radius 1 is 0.906 bits per heavy atom. The third-order valence-corrected chi connectivity index (χ3v) is 5.99. The van der Waals surface area contributed by atoms with E-state index in [1.807, 2.05) is 37.8 Å². The maximum absolute atomic E-state index is 13.0. The molecule has 1 saturated heterocycles. The van der Waals surface area contributed by atoms with Crippen LogP contribution in [0.2, 0.25) is 0 Å². The van der Waals surface area contributed by atoms with E-state index >= 15 is 0 Å². The van der Waals surface area contributed by atoms with Crippen molar-refractivity contribution in [1.82, 2.24) is 20.0 Å². The van der Waals surface area contributed by atoms with Gasteiger partial charge in [0, 0.05) is 31.7 Å². The number of methoxy groups -OCH3 is 2. The lowest BCUT2D eigenvalue weighted by Crippen LogP contribution is -2.47. The molecule has 0 aromatic heterocycles. The summed E-state index contributed by atoms with van der Waals surface area (Å²) in [6.07, 6.45) is 1.77. The van der Waals surface area contributed by atoms with Crippen LogP contribution in [0.1, 0.15) is 38.3 Å². The molecule has 2 amide bonds. The number of nitrogens with one attached hydrogen (secondary N) is 1. The van der Waals surface area contributed by atoms with Gasteiger partial charge in [-0.3, -0.25) is 19.4 Å². The third kappa shape index (κ3) is 6.59. The first-order valence-electron chi connectivity index (χ1n) is 11.5. The first kappa shape index (κ1) is 24.3. The molecule has 0 saturated carbocycles. The van der Waals surface area contributed by atoms with Gasteiger partial charge in [0.15, 0.2) is 11.5 Å². The van der Waals surface area contributed by atoms with E-state index in [1.54, 1.807) is 14.2 Å². The maximum Gasteiger partial charge on any atom is 0.237 e. The summed E-state index contributed by atoms with van der Waals surface area (Å²) in [6.45, 7) is 11.5. The van der Waals surface area contributed by atoms with E-state index < -0.39 is 0 Å². The fourth-order valence-corrected chi connectivity index (χ4v) is 4.39. The van der Waals surface area contributed by atoms with E-state index in [1.165, 1.54) is 5.56 Å². The predicted molar refractivity (Wildman–Crippen MR) is 124 cm³/mol. The molecule has 0 spiro atoms. The highest BCUT2D eigenvalue weighted by molar-refractivity contribution is 5.79. The van der Waals surface area contributed by atoms with E-state index in [9.17, 15) is 9.59 Å². The normalized spacial score (nSPS) is 18.0. The van der Waals surface area contributed by atoms with E-state index in [0.717, 1.165) is 50.3 Å². The second-order valence-corrected chi connectivity index (χ2v) is 9.75. The summed E-state index contributed by atoms with van der Waals surface area (Å²) in [4.78, 5) is 31.6. The molecule has 0 radical (unpaired) electrons. The molecule has 8 nitrogen and oxygen atoms in total. The summed E-state index contributed by atoms with van der Waals surface area (Å²) in [5.41, 5.74) is 2.11. The van der Waals surface area contributed by atoms with Crippen molar-refractivity contribution in [1.29, 1.82) is 0 Å². The molecule has 2 heterocycles. The lowest BCUT2D eigenvalue weighted by Gasteiger charge is -2.31. The Hall–Kier alpha value is -2.32. The summed E-state index contributed by atoms with van der Waals surface area (Å²) < 4.78 is 10.8. The zero-order valence-electron chi connectivity index (χ0n) is 20.2. The number of hydrogen-bond donors (Lipinski definition) is 1. The minimum absolute atomic E-state index is 0.0565. The summed E-state index contributed by atoms with van der Waals surface area (Å²) in [5, 5.41) is 3.02. The van der Waals surface area contributed by atoms with E-state index in [4.69, 9.17) is 9.47 Å². The molecule has 1 aromatic carbocycles. The number of nitrogens with zero attached hydrogens (tertiary/aromatic N) is 3. The molecule has 8 heteroatoms.